The van der Waals surface area contributed by atoms with Crippen molar-refractivity contribution < 1.29 is 67.3 Å². The molecule has 1 fully saturated rings. The number of urea groups is 1. The number of ether oxygens (including phenoxy) is 2. The number of aromatic nitrogens is 1. The van der Waals surface area contributed by atoms with E-state index in [0.29, 0.717) is 60.5 Å². The first kappa shape index (κ1) is 78.0. The van der Waals surface area contributed by atoms with Crippen LogP contribution in [0.2, 0.25) is 0 Å². The number of primary amides is 1. The molecular formula is C69H103N9O14S. The number of carboxylic acid groups (broad SMARTS) is 1. The lowest BCUT2D eigenvalue weighted by Crippen LogP contribution is -2.50. The number of carboxylic acids is 1. The van der Waals surface area contributed by atoms with Gasteiger partial charge in [-0.25, -0.2) is 9.78 Å². The van der Waals surface area contributed by atoms with Crippen LogP contribution in [-0.4, -0.2) is 142 Å². The van der Waals surface area contributed by atoms with Crippen LogP contribution in [-0.2, 0) is 72.1 Å². The van der Waals surface area contributed by atoms with Crippen molar-refractivity contribution in [2.24, 2.45) is 52.9 Å². The molecule has 9 N–H and O–H groups in total. The third-order valence-electron chi connectivity index (χ3n) is 18.0. The number of unbranched alkanes of at least 4 members (excludes halogenated alkanes) is 1. The van der Waals surface area contributed by atoms with Crippen LogP contribution in [0.3, 0.4) is 0 Å². The number of thiazole rings is 1. The van der Waals surface area contributed by atoms with Crippen molar-refractivity contribution in [2.75, 3.05) is 39.0 Å². The van der Waals surface area contributed by atoms with E-state index in [1.165, 1.54) is 13.8 Å². The fraction of sp³-hybridized carbons (Fsp3) is 0.623. The highest BCUT2D eigenvalue weighted by Gasteiger charge is 2.44. The Hall–Kier alpha value is -7.44. The SMILES string of the molecule is CC[C@H](C)[C@H](CC(=O)[C@@]1(C)CCCN1C)C(=O)N(C)[C@H](C[C@@H](OC(C)=O)c1nc(C(=O)N[C@@H](Cc2ccc(CC(=O)OCc3ccc(NC(=O)[C@H](CCCNC(N)=O)CC(=O)[C@@H](NC(=O)[C@H](CCCCN)CC(C)=O)C(C)C)cc3)cc2)C[C@H](C)C(=O)O)cs1)C(C)C. The zero-order valence-electron chi connectivity index (χ0n) is 56.6. The lowest BCUT2D eigenvalue weighted by molar-refractivity contribution is -0.150. The molecule has 0 bridgehead atoms. The molecule has 1 aliphatic heterocycles. The normalized spacial score (nSPS) is 16.9. The van der Waals surface area contributed by atoms with Gasteiger partial charge in [-0.2, -0.15) is 0 Å². The highest BCUT2D eigenvalue weighted by atomic mass is 32.1. The van der Waals surface area contributed by atoms with Gasteiger partial charge < -0.3 is 57.0 Å². The predicted octanol–water partition coefficient (Wildman–Crippen LogP) is 8.29. The number of amides is 6. The summed E-state index contributed by atoms with van der Waals surface area (Å²) in [5, 5.41) is 23.0. The van der Waals surface area contributed by atoms with E-state index < -0.39 is 95.1 Å². The van der Waals surface area contributed by atoms with Crippen molar-refractivity contribution in [3.63, 3.8) is 0 Å². The molecule has 2 heterocycles. The Morgan fingerprint density at radius 2 is 1.44 bits per heavy atom. The Morgan fingerprint density at radius 3 is 2.01 bits per heavy atom. The second kappa shape index (κ2) is 38.1. The lowest BCUT2D eigenvalue weighted by atomic mass is 9.80. The molecule has 1 aliphatic rings. The van der Waals surface area contributed by atoms with E-state index in [9.17, 15) is 57.8 Å². The van der Waals surface area contributed by atoms with Crippen molar-refractivity contribution >= 4 is 81.9 Å². The number of Topliss-reactive ketones (excluding diaryl/α,β-unsaturated/α-hetero) is 3. The summed E-state index contributed by atoms with van der Waals surface area (Å²) >= 11 is 1.13. The number of hydrogen-bond acceptors (Lipinski definition) is 17. The summed E-state index contributed by atoms with van der Waals surface area (Å²) in [6.07, 6.45) is 4.06. The van der Waals surface area contributed by atoms with Gasteiger partial charge >= 0.3 is 23.9 Å². The van der Waals surface area contributed by atoms with Crippen LogP contribution in [0.5, 0.6) is 0 Å². The third-order valence-corrected chi connectivity index (χ3v) is 18.9. The zero-order chi connectivity index (χ0) is 69.3. The van der Waals surface area contributed by atoms with Gasteiger partial charge in [-0.1, -0.05) is 97.7 Å². The van der Waals surface area contributed by atoms with Crippen LogP contribution in [0, 0.1) is 41.4 Å². The molecule has 1 aromatic heterocycles. The van der Waals surface area contributed by atoms with Gasteiger partial charge in [0.05, 0.1) is 23.9 Å². The van der Waals surface area contributed by atoms with Gasteiger partial charge in [0.25, 0.3) is 5.91 Å². The largest absolute Gasteiger partial charge is 0.481 e. The summed E-state index contributed by atoms with van der Waals surface area (Å²) < 4.78 is 11.5. The molecule has 3 aromatic rings. The monoisotopic (exact) mass is 1310 g/mol. The van der Waals surface area contributed by atoms with Crippen molar-refractivity contribution in [2.45, 2.75) is 202 Å². The number of rotatable bonds is 41. The quantitative estimate of drug-likeness (QED) is 0.0207. The number of aliphatic carboxylic acids is 1. The summed E-state index contributed by atoms with van der Waals surface area (Å²) in [5.41, 5.74) is 12.7. The van der Waals surface area contributed by atoms with Gasteiger partial charge in [-0.3, -0.25) is 48.1 Å². The molecule has 0 aliphatic carbocycles. The second-order valence-corrected chi connectivity index (χ2v) is 27.1. The van der Waals surface area contributed by atoms with Gasteiger partial charge in [0, 0.05) is 87.1 Å². The number of ketones is 3. The first-order chi connectivity index (χ1) is 43.9. The van der Waals surface area contributed by atoms with Gasteiger partial charge in [0.2, 0.25) is 17.7 Å². The Balaban J connectivity index is 1.39. The van der Waals surface area contributed by atoms with Gasteiger partial charge in [0.15, 0.2) is 17.7 Å². The second-order valence-electron chi connectivity index (χ2n) is 26.2. The maximum atomic E-state index is 14.5. The van der Waals surface area contributed by atoms with Crippen LogP contribution in [0.25, 0.3) is 0 Å². The van der Waals surface area contributed by atoms with E-state index >= 15 is 0 Å². The van der Waals surface area contributed by atoms with E-state index in [-0.39, 0.29) is 111 Å². The molecule has 0 spiro atoms. The summed E-state index contributed by atoms with van der Waals surface area (Å²) in [4.78, 5) is 153. The first-order valence-electron chi connectivity index (χ1n) is 32.7. The molecule has 2 aromatic carbocycles. The molecular weight excluding hydrogens is 1210 g/mol. The van der Waals surface area contributed by atoms with Crippen LogP contribution in [0.15, 0.2) is 53.9 Å². The molecule has 6 amide bonds. The lowest BCUT2D eigenvalue weighted by Gasteiger charge is -2.38. The maximum Gasteiger partial charge on any atom is 0.312 e. The van der Waals surface area contributed by atoms with Crippen molar-refractivity contribution in [3.8, 4) is 0 Å². The van der Waals surface area contributed by atoms with Gasteiger partial charge in [0.1, 0.15) is 23.1 Å². The molecule has 1 saturated heterocycles. The summed E-state index contributed by atoms with van der Waals surface area (Å²) in [5.74, 6) is -7.57. The minimum absolute atomic E-state index is 0.0276. The van der Waals surface area contributed by atoms with Crippen molar-refractivity contribution in [1.82, 2.24) is 30.7 Å². The highest BCUT2D eigenvalue weighted by Crippen LogP contribution is 2.36. The number of nitrogens with two attached hydrogens (primary N) is 2. The zero-order valence-corrected chi connectivity index (χ0v) is 57.5. The number of hydrogen-bond donors (Lipinski definition) is 7. The minimum Gasteiger partial charge on any atom is -0.481 e. The number of nitrogens with one attached hydrogen (secondary N) is 4. The Kier molecular flexibility index (Phi) is 31.9. The van der Waals surface area contributed by atoms with Gasteiger partial charge in [-0.05, 0) is 132 Å². The minimum atomic E-state index is -1.04. The molecule has 23 nitrogen and oxygen atoms in total. The fourth-order valence-corrected chi connectivity index (χ4v) is 12.7. The first-order valence-corrected chi connectivity index (χ1v) is 33.6. The maximum absolute atomic E-state index is 14.5. The number of carbonyl (C=O) groups is 11. The molecule has 0 unspecified atom stereocenters. The molecule has 10 atom stereocenters. The standard InChI is InChI=1S/C69H103N9O14S/c1-13-43(6)54(37-59(82)69(10)28-17-31-77(69)11)66(87)78(12)56(41(2)3)38-58(92-46(9)80)65-75-55(40-93-65)64(86)74-53(32-44(7)67(88)89)34-47-20-22-48(23-21-47)35-60(83)91-39-49-24-26-52(27-25-49)73-62(84)51(19-16-30-72-68(71)90)36-57(81)61(42(4)5)76-63(85)50(33-45(8)79)18-14-15-29-70/h20-27,40-44,50-51,53-54,56,58,61H,13-19,28-39,70H2,1-12H3,(H,73,84)(H,74,86)(H,76,85)(H,88,89)(H3,71,72,90)/t43-,44-,50+,51+,53+,54-,56+,58+,61-,69+/m0/s1. The van der Waals surface area contributed by atoms with Crippen LogP contribution < -0.4 is 32.7 Å². The molecule has 514 valence electrons. The number of nitrogens with zero attached hydrogens (tertiary/aromatic N) is 3. The number of likely N-dealkylation sites (tertiary alicyclic amines) is 1. The summed E-state index contributed by atoms with van der Waals surface area (Å²) in [7, 11) is 3.67. The van der Waals surface area contributed by atoms with E-state index in [1.807, 2.05) is 41.7 Å². The topological polar surface area (TPSA) is 346 Å². The average molecular weight is 1310 g/mol. The summed E-state index contributed by atoms with van der Waals surface area (Å²) in [6, 6.07) is 10.9. The number of anilines is 1. The summed E-state index contributed by atoms with van der Waals surface area (Å²) in [6.45, 7) is 19.1. The fourth-order valence-electron chi connectivity index (χ4n) is 11.9. The number of esters is 2. The average Bonchev–Trinajstić information content (AvgIpc) is 1.81. The van der Waals surface area contributed by atoms with Crippen LogP contribution in [0.1, 0.15) is 191 Å². The van der Waals surface area contributed by atoms with Crippen molar-refractivity contribution in [1.29, 1.82) is 0 Å². The number of carbonyl (C=O) groups excluding carboxylic acids is 10. The molecule has 93 heavy (non-hydrogen) atoms. The van der Waals surface area contributed by atoms with E-state index in [4.69, 9.17) is 20.9 Å². The Bertz CT molecular complexity index is 3010. The third kappa shape index (κ3) is 25.1. The van der Waals surface area contributed by atoms with Crippen LogP contribution >= 0.6 is 11.3 Å². The van der Waals surface area contributed by atoms with Gasteiger partial charge in [-0.15, -0.1) is 11.3 Å². The smallest absolute Gasteiger partial charge is 0.312 e. The number of likely N-dealkylation sites (N-methyl/N-ethyl adjacent to an activating group) is 1. The molecule has 0 saturated carbocycles. The Morgan fingerprint density at radius 1 is 0.806 bits per heavy atom. The molecule has 0 radical (unpaired) electrons. The van der Waals surface area contributed by atoms with Crippen LogP contribution in [0.4, 0.5) is 10.5 Å². The van der Waals surface area contributed by atoms with Crippen molar-refractivity contribution in [3.05, 3.63) is 81.3 Å². The van der Waals surface area contributed by atoms with E-state index in [1.54, 1.807) is 86.6 Å². The molecule has 24 heteroatoms. The Labute approximate surface area is 552 Å². The van der Waals surface area contributed by atoms with E-state index in [2.05, 4.69) is 31.2 Å². The predicted molar refractivity (Wildman–Crippen MR) is 355 cm³/mol. The molecule has 4 rings (SSSR count). The highest BCUT2D eigenvalue weighted by molar-refractivity contribution is 7.09. The van der Waals surface area contributed by atoms with E-state index in [0.717, 1.165) is 36.3 Å². The number of benzene rings is 2.